The van der Waals surface area contributed by atoms with Gasteiger partial charge < -0.3 is 5.11 Å². The normalized spacial score (nSPS) is 11.0. The molecule has 0 fully saturated rings. The van der Waals surface area contributed by atoms with Crippen molar-refractivity contribution in [2.75, 3.05) is 0 Å². The molecule has 0 atom stereocenters. The second kappa shape index (κ2) is 26.3. The summed E-state index contributed by atoms with van der Waals surface area (Å²) in [6.07, 6.45) is 0.267. The summed E-state index contributed by atoms with van der Waals surface area (Å²) in [6, 6.07) is 18.4. The van der Waals surface area contributed by atoms with E-state index in [0.717, 1.165) is 37.7 Å². The van der Waals surface area contributed by atoms with Gasteiger partial charge in [-0.1, -0.05) is 197 Å². The molecule has 1 N–H and O–H groups in total. The van der Waals surface area contributed by atoms with Crippen molar-refractivity contribution in [2.45, 2.75) is 107 Å². The Hall–Kier alpha value is -1.51. The SMILES string of the molecule is CC(C)c1cc(Sc2c(Cl)cc(CBr)cc2Cl)nnc1Cl.CC(C)c1cc(Sc2c(Cl)cc(CC#N)cc2Cl)nnc1Cl.CC(C)c1cc(Sc2c(Cl)cc(CO)cc2Cl)nnc1Cl. The molecule has 8 nitrogen and oxygen atoms in total. The van der Waals surface area contributed by atoms with Gasteiger partial charge in [0.1, 0.15) is 15.1 Å². The van der Waals surface area contributed by atoms with Gasteiger partial charge in [-0.2, -0.15) is 5.26 Å². The Kier molecular flexibility index (Phi) is 22.6. The third-order valence-corrected chi connectivity index (χ3v) is 15.7. The van der Waals surface area contributed by atoms with Crippen molar-refractivity contribution in [3.8, 4) is 6.07 Å². The molecule has 0 unspecified atom stereocenters. The van der Waals surface area contributed by atoms with E-state index in [1.165, 1.54) is 35.3 Å². The second-order valence-corrected chi connectivity index (χ2v) is 21.5. The van der Waals surface area contributed by atoms with Gasteiger partial charge >= 0.3 is 0 Å². The number of aliphatic hydroxyl groups excluding tert-OH is 1. The lowest BCUT2D eigenvalue weighted by molar-refractivity contribution is 0.282. The molecular weight excluding hydrogens is 1130 g/mol. The molecule has 6 aromatic rings. The number of benzene rings is 3. The topological polar surface area (TPSA) is 121 Å². The van der Waals surface area contributed by atoms with Gasteiger partial charge in [0, 0.05) is 5.33 Å². The average molecular weight is 1160 g/mol. The molecule has 0 aliphatic heterocycles. The molecule has 0 aliphatic carbocycles. The molecule has 0 bridgehead atoms. The van der Waals surface area contributed by atoms with E-state index in [1.54, 1.807) is 24.3 Å². The predicted octanol–water partition coefficient (Wildman–Crippen LogP) is 17.6. The molecule has 0 aliphatic rings. The van der Waals surface area contributed by atoms with Crippen LogP contribution in [0.5, 0.6) is 0 Å². The van der Waals surface area contributed by atoms with Crippen LogP contribution in [0.4, 0.5) is 0 Å². The average Bonchev–Trinajstić information content (AvgIpc) is 3.23. The molecular formula is C43H37BrCl9N7OS3. The van der Waals surface area contributed by atoms with Crippen molar-refractivity contribution in [1.29, 1.82) is 5.26 Å². The number of aliphatic hydroxyl groups is 1. The molecule has 0 amide bonds. The van der Waals surface area contributed by atoms with Crippen LogP contribution in [0.25, 0.3) is 0 Å². The van der Waals surface area contributed by atoms with Crippen molar-refractivity contribution < 1.29 is 5.11 Å². The first-order valence-corrected chi connectivity index (χ1v) is 25.8. The summed E-state index contributed by atoms with van der Waals surface area (Å²) in [6.45, 7) is 12.1. The summed E-state index contributed by atoms with van der Waals surface area (Å²) in [5.74, 6) is 0.760. The predicted molar refractivity (Wildman–Crippen MR) is 273 cm³/mol. The maximum atomic E-state index is 9.13. The zero-order valence-corrected chi connectivity index (χ0v) is 45.5. The summed E-state index contributed by atoms with van der Waals surface area (Å²) < 4.78 is 0. The quantitative estimate of drug-likeness (QED) is 0.118. The third-order valence-electron chi connectivity index (χ3n) is 8.54. The van der Waals surface area contributed by atoms with Gasteiger partial charge in [0.05, 0.1) is 63.9 Å². The molecule has 0 saturated heterocycles. The van der Waals surface area contributed by atoms with Crippen LogP contribution in [0.2, 0.25) is 45.6 Å². The minimum Gasteiger partial charge on any atom is -0.392 e. The molecule has 0 spiro atoms. The zero-order chi connectivity index (χ0) is 47.4. The highest BCUT2D eigenvalue weighted by Crippen LogP contribution is 2.42. The third kappa shape index (κ3) is 15.8. The fourth-order valence-corrected chi connectivity index (χ4v) is 11.2. The zero-order valence-electron chi connectivity index (χ0n) is 34.6. The lowest BCUT2D eigenvalue weighted by Crippen LogP contribution is -1.96. The number of hydrogen-bond donors (Lipinski definition) is 1. The lowest BCUT2D eigenvalue weighted by Gasteiger charge is -2.10. The maximum absolute atomic E-state index is 9.13. The van der Waals surface area contributed by atoms with E-state index in [2.05, 4.69) is 66.4 Å². The van der Waals surface area contributed by atoms with Crippen LogP contribution in [0.15, 0.2) is 84.4 Å². The number of rotatable bonds is 12. The Morgan fingerprint density at radius 1 is 0.484 bits per heavy atom. The number of halogens is 10. The molecule has 338 valence electrons. The first-order chi connectivity index (χ1) is 30.3. The van der Waals surface area contributed by atoms with Crippen LogP contribution in [0.3, 0.4) is 0 Å². The monoisotopic (exact) mass is 1160 g/mol. The Bertz CT molecular complexity index is 2460. The Labute approximate surface area is 439 Å². The summed E-state index contributed by atoms with van der Waals surface area (Å²) >= 11 is 63.1. The first kappa shape index (κ1) is 55.1. The van der Waals surface area contributed by atoms with Crippen LogP contribution in [-0.4, -0.2) is 35.7 Å². The van der Waals surface area contributed by atoms with E-state index in [1.807, 2.05) is 58.0 Å². The fourth-order valence-electron chi connectivity index (χ4n) is 5.29. The van der Waals surface area contributed by atoms with E-state index in [9.17, 15) is 0 Å². The van der Waals surface area contributed by atoms with Gasteiger partial charge in [-0.3, -0.25) is 0 Å². The van der Waals surface area contributed by atoms with Crippen LogP contribution in [0, 0.1) is 11.3 Å². The van der Waals surface area contributed by atoms with E-state index >= 15 is 0 Å². The highest BCUT2D eigenvalue weighted by Gasteiger charge is 2.17. The van der Waals surface area contributed by atoms with Crippen LogP contribution in [0.1, 0.15) is 92.7 Å². The van der Waals surface area contributed by atoms with Gasteiger partial charge in [0.15, 0.2) is 15.5 Å². The van der Waals surface area contributed by atoms with Gasteiger partial charge in [-0.25, -0.2) is 0 Å². The van der Waals surface area contributed by atoms with Gasteiger partial charge in [0.2, 0.25) is 0 Å². The summed E-state index contributed by atoms with van der Waals surface area (Å²) in [4.78, 5) is 2.15. The second-order valence-electron chi connectivity index (χ2n) is 14.3. The van der Waals surface area contributed by atoms with Gasteiger partial charge in [-0.15, -0.1) is 30.6 Å². The van der Waals surface area contributed by atoms with Crippen LogP contribution >= 0.6 is 156 Å². The highest BCUT2D eigenvalue weighted by molar-refractivity contribution is 9.08. The Morgan fingerprint density at radius 3 is 1.02 bits per heavy atom. The molecule has 3 aromatic carbocycles. The molecule has 3 aromatic heterocycles. The minimum atomic E-state index is -0.108. The number of nitrogens with zero attached hydrogens (tertiary/aromatic N) is 7. The summed E-state index contributed by atoms with van der Waals surface area (Å²) in [5.41, 5.74) is 5.28. The Balaban J connectivity index is 0.000000210. The highest BCUT2D eigenvalue weighted by atomic mass is 79.9. The van der Waals surface area contributed by atoms with E-state index in [0.29, 0.717) is 76.3 Å². The molecule has 3 heterocycles. The van der Waals surface area contributed by atoms with Gasteiger partial charge in [-0.05, 0) is 106 Å². The summed E-state index contributed by atoms with van der Waals surface area (Å²) in [5, 5.41) is 49.1. The van der Waals surface area contributed by atoms with Gasteiger partial charge in [0.25, 0.3) is 0 Å². The van der Waals surface area contributed by atoms with E-state index < -0.39 is 0 Å². The van der Waals surface area contributed by atoms with Crippen LogP contribution in [-0.2, 0) is 18.4 Å². The van der Waals surface area contributed by atoms with Crippen molar-refractivity contribution >= 4 is 156 Å². The summed E-state index contributed by atoms with van der Waals surface area (Å²) in [7, 11) is 0. The van der Waals surface area contributed by atoms with Crippen molar-refractivity contribution in [3.63, 3.8) is 0 Å². The fraction of sp³-hybridized carbons (Fsp3) is 0.279. The van der Waals surface area contributed by atoms with Crippen LogP contribution < -0.4 is 0 Å². The number of hydrogen-bond acceptors (Lipinski definition) is 11. The minimum absolute atomic E-state index is 0.108. The standard InChI is InChI=1S/C15H12Cl3N3S.C14H12BrCl3N2S.C14H13Cl3N2OS/c1-8(2)10-7-13(20-21-15(10)18)22-14-11(16)5-9(3-4-19)6-12(14)17;1-7(2)9-5-12(19-20-14(9)18)21-13-10(16)3-8(6-15)4-11(13)17;1-7(2)9-5-12(18-19-14(9)17)21-13-10(15)3-8(6-20)4-11(13)16/h5-8H,3H2,1-2H3;3-5,7H,6H2,1-2H3;3-5,7,20H,6H2,1-2H3. The maximum Gasteiger partial charge on any atom is 0.155 e. The van der Waals surface area contributed by atoms with Crippen molar-refractivity contribution in [1.82, 2.24) is 30.6 Å². The molecule has 64 heavy (non-hydrogen) atoms. The lowest BCUT2D eigenvalue weighted by atomic mass is 10.1. The number of nitriles is 1. The number of alkyl halides is 1. The smallest absolute Gasteiger partial charge is 0.155 e. The molecule has 0 saturated carbocycles. The van der Waals surface area contributed by atoms with E-state index in [4.69, 9.17) is 115 Å². The largest absolute Gasteiger partial charge is 0.392 e. The Morgan fingerprint density at radius 2 is 0.766 bits per heavy atom. The molecule has 21 heteroatoms. The van der Waals surface area contributed by atoms with Crippen molar-refractivity contribution in [3.05, 3.63) is 134 Å². The number of aromatic nitrogens is 6. The molecule has 6 rings (SSSR count). The van der Waals surface area contributed by atoms with Crippen molar-refractivity contribution in [2.24, 2.45) is 0 Å². The molecule has 0 radical (unpaired) electrons. The van der Waals surface area contributed by atoms with E-state index in [-0.39, 0.29) is 30.8 Å². The first-order valence-electron chi connectivity index (χ1n) is 18.9.